The molecule has 4 heteroatoms. The van der Waals surface area contributed by atoms with Gasteiger partial charge in [-0.1, -0.05) is 43.2 Å². The summed E-state index contributed by atoms with van der Waals surface area (Å²) in [6, 6.07) is 9.86. The van der Waals surface area contributed by atoms with Crippen LogP contribution >= 0.6 is 0 Å². The molecule has 2 aromatic rings. The largest absolute Gasteiger partial charge is 0.443 e. The van der Waals surface area contributed by atoms with Gasteiger partial charge < -0.3 is 9.73 Å². The number of nitrogens with zero attached hydrogens (tertiary/aromatic N) is 1. The van der Waals surface area contributed by atoms with Crippen molar-refractivity contribution in [2.75, 3.05) is 0 Å². The number of hydrogen-bond donors (Lipinski definition) is 1. The van der Waals surface area contributed by atoms with E-state index >= 15 is 0 Å². The number of hydrogen-bond acceptors (Lipinski definition) is 3. The molecular weight excluding hydrogens is 240 g/mol. The quantitative estimate of drug-likeness (QED) is 0.918. The molecule has 1 aliphatic carbocycles. The van der Waals surface area contributed by atoms with Crippen LogP contribution in [0.2, 0.25) is 0 Å². The molecule has 1 fully saturated rings. The molecule has 0 spiro atoms. The Balaban J connectivity index is 1.81. The van der Waals surface area contributed by atoms with Crippen molar-refractivity contribution >= 4 is 5.91 Å². The van der Waals surface area contributed by atoms with Crippen LogP contribution in [-0.2, 0) is 0 Å². The van der Waals surface area contributed by atoms with Gasteiger partial charge in [-0.05, 0) is 12.8 Å². The highest BCUT2D eigenvalue weighted by atomic mass is 16.3. The lowest BCUT2D eigenvalue weighted by Gasteiger charge is -2.10. The van der Waals surface area contributed by atoms with Gasteiger partial charge in [-0.25, -0.2) is 4.98 Å². The van der Waals surface area contributed by atoms with E-state index in [0.717, 1.165) is 18.4 Å². The fourth-order valence-electron chi connectivity index (χ4n) is 2.53. The summed E-state index contributed by atoms with van der Waals surface area (Å²) >= 11 is 0. The Hall–Kier alpha value is -2.10. The first-order valence-electron chi connectivity index (χ1n) is 6.64. The van der Waals surface area contributed by atoms with Crippen LogP contribution in [0.5, 0.6) is 0 Å². The van der Waals surface area contributed by atoms with Gasteiger partial charge in [0, 0.05) is 11.6 Å². The molecule has 1 N–H and O–H groups in total. The standard InChI is InChI=1S/C15H16N2O2/c18-15(17-12-8-4-5-9-12)13-14(19-10-16-13)11-6-2-1-3-7-11/h1-3,6-7,10,12H,4-5,8-9H2,(H,17,18). The average Bonchev–Trinajstić information content (AvgIpc) is 3.10. The molecule has 0 saturated heterocycles. The van der Waals surface area contributed by atoms with E-state index in [1.54, 1.807) is 0 Å². The van der Waals surface area contributed by atoms with Crippen LogP contribution in [-0.4, -0.2) is 16.9 Å². The van der Waals surface area contributed by atoms with Gasteiger partial charge in [-0.15, -0.1) is 0 Å². The van der Waals surface area contributed by atoms with E-state index in [2.05, 4.69) is 10.3 Å². The lowest BCUT2D eigenvalue weighted by Crippen LogP contribution is -2.33. The molecule has 0 bridgehead atoms. The van der Waals surface area contributed by atoms with Gasteiger partial charge in [0.25, 0.3) is 5.91 Å². The second-order valence-electron chi connectivity index (χ2n) is 4.85. The summed E-state index contributed by atoms with van der Waals surface area (Å²) in [5.41, 5.74) is 1.25. The van der Waals surface area contributed by atoms with Gasteiger partial charge in [0.1, 0.15) is 0 Å². The zero-order chi connectivity index (χ0) is 13.1. The molecule has 1 aliphatic rings. The Morgan fingerprint density at radius 2 is 1.95 bits per heavy atom. The van der Waals surface area contributed by atoms with Gasteiger partial charge in [-0.3, -0.25) is 4.79 Å². The minimum absolute atomic E-state index is 0.139. The predicted molar refractivity (Wildman–Crippen MR) is 71.7 cm³/mol. The summed E-state index contributed by atoms with van der Waals surface area (Å²) < 4.78 is 5.36. The Kier molecular flexibility index (Phi) is 3.31. The van der Waals surface area contributed by atoms with Crippen LogP contribution in [0.4, 0.5) is 0 Å². The van der Waals surface area contributed by atoms with Crippen molar-refractivity contribution in [2.45, 2.75) is 31.7 Å². The van der Waals surface area contributed by atoms with Crippen molar-refractivity contribution in [3.63, 3.8) is 0 Å². The number of rotatable bonds is 3. The SMILES string of the molecule is O=C(NC1CCCC1)c1ncoc1-c1ccccc1. The molecule has 1 saturated carbocycles. The highest BCUT2D eigenvalue weighted by Crippen LogP contribution is 2.24. The molecule has 4 nitrogen and oxygen atoms in total. The second kappa shape index (κ2) is 5.26. The van der Waals surface area contributed by atoms with Crippen molar-refractivity contribution in [1.29, 1.82) is 0 Å². The molecule has 3 rings (SSSR count). The number of benzene rings is 1. The Bertz CT molecular complexity index is 557. The fraction of sp³-hybridized carbons (Fsp3) is 0.333. The minimum Gasteiger partial charge on any atom is -0.443 e. The van der Waals surface area contributed by atoms with E-state index in [0.29, 0.717) is 11.5 Å². The minimum atomic E-state index is -0.139. The van der Waals surface area contributed by atoms with Gasteiger partial charge in [-0.2, -0.15) is 0 Å². The average molecular weight is 256 g/mol. The smallest absolute Gasteiger partial charge is 0.274 e. The van der Waals surface area contributed by atoms with Crippen molar-refractivity contribution < 1.29 is 9.21 Å². The topological polar surface area (TPSA) is 55.1 Å². The zero-order valence-corrected chi connectivity index (χ0v) is 10.6. The molecule has 0 aliphatic heterocycles. The molecule has 0 atom stereocenters. The highest BCUT2D eigenvalue weighted by molar-refractivity contribution is 5.97. The molecule has 1 aromatic heterocycles. The van der Waals surface area contributed by atoms with Crippen LogP contribution in [0.3, 0.4) is 0 Å². The summed E-state index contributed by atoms with van der Waals surface area (Å²) in [6.45, 7) is 0. The maximum Gasteiger partial charge on any atom is 0.274 e. The molecule has 1 aromatic carbocycles. The molecular formula is C15H16N2O2. The van der Waals surface area contributed by atoms with Crippen molar-refractivity contribution in [3.05, 3.63) is 42.4 Å². The normalized spacial score (nSPS) is 15.6. The summed E-state index contributed by atoms with van der Waals surface area (Å²) in [7, 11) is 0. The van der Waals surface area contributed by atoms with E-state index in [9.17, 15) is 4.79 Å². The van der Waals surface area contributed by atoms with Crippen molar-refractivity contribution in [3.8, 4) is 11.3 Å². The van der Waals surface area contributed by atoms with Gasteiger partial charge in [0.05, 0.1) is 0 Å². The third-order valence-electron chi connectivity index (χ3n) is 3.51. The maximum absolute atomic E-state index is 12.2. The third-order valence-corrected chi connectivity index (χ3v) is 3.51. The third kappa shape index (κ3) is 2.52. The van der Waals surface area contributed by atoms with Crippen LogP contribution in [0.1, 0.15) is 36.2 Å². The zero-order valence-electron chi connectivity index (χ0n) is 10.6. The fourth-order valence-corrected chi connectivity index (χ4v) is 2.53. The molecule has 1 amide bonds. The van der Waals surface area contributed by atoms with E-state index in [-0.39, 0.29) is 11.9 Å². The van der Waals surface area contributed by atoms with Crippen molar-refractivity contribution in [2.24, 2.45) is 0 Å². The molecule has 0 radical (unpaired) electrons. The maximum atomic E-state index is 12.2. The molecule has 19 heavy (non-hydrogen) atoms. The van der Waals surface area contributed by atoms with Crippen LogP contribution in [0.25, 0.3) is 11.3 Å². The predicted octanol–water partition coefficient (Wildman–Crippen LogP) is 3.01. The van der Waals surface area contributed by atoms with E-state index < -0.39 is 0 Å². The summed E-state index contributed by atoms with van der Waals surface area (Å²) in [4.78, 5) is 16.3. The lowest BCUT2D eigenvalue weighted by molar-refractivity contribution is 0.0933. The second-order valence-corrected chi connectivity index (χ2v) is 4.85. The number of oxazole rings is 1. The van der Waals surface area contributed by atoms with Gasteiger partial charge >= 0.3 is 0 Å². The number of amides is 1. The van der Waals surface area contributed by atoms with E-state index in [1.165, 1.54) is 19.2 Å². The number of aromatic nitrogens is 1. The van der Waals surface area contributed by atoms with Gasteiger partial charge in [0.15, 0.2) is 17.8 Å². The molecule has 0 unspecified atom stereocenters. The van der Waals surface area contributed by atoms with E-state index in [1.807, 2.05) is 30.3 Å². The Labute approximate surface area is 111 Å². The lowest BCUT2D eigenvalue weighted by atomic mass is 10.1. The van der Waals surface area contributed by atoms with Gasteiger partial charge in [0.2, 0.25) is 0 Å². The Morgan fingerprint density at radius 1 is 1.21 bits per heavy atom. The first-order valence-corrected chi connectivity index (χ1v) is 6.64. The summed E-state index contributed by atoms with van der Waals surface area (Å²) in [5, 5.41) is 3.03. The number of carbonyl (C=O) groups excluding carboxylic acids is 1. The molecule has 98 valence electrons. The summed E-state index contributed by atoms with van der Waals surface area (Å²) in [5.74, 6) is 0.399. The van der Waals surface area contributed by atoms with Crippen LogP contribution < -0.4 is 5.32 Å². The Morgan fingerprint density at radius 3 is 2.68 bits per heavy atom. The number of nitrogens with one attached hydrogen (secondary N) is 1. The monoisotopic (exact) mass is 256 g/mol. The van der Waals surface area contributed by atoms with E-state index in [4.69, 9.17) is 4.42 Å². The first kappa shape index (κ1) is 12.0. The highest BCUT2D eigenvalue weighted by Gasteiger charge is 2.22. The summed E-state index contributed by atoms with van der Waals surface area (Å²) in [6.07, 6.45) is 5.82. The molecule has 1 heterocycles. The van der Waals surface area contributed by atoms with Crippen LogP contribution in [0.15, 0.2) is 41.1 Å². The van der Waals surface area contributed by atoms with Crippen LogP contribution in [0, 0.1) is 0 Å². The first-order chi connectivity index (χ1) is 9.34. The number of carbonyl (C=O) groups is 1. The van der Waals surface area contributed by atoms with Crippen molar-refractivity contribution in [1.82, 2.24) is 10.3 Å².